The maximum Gasteiger partial charge on any atom is 0.313 e. The number of rotatable bonds is 13. The van der Waals surface area contributed by atoms with Crippen LogP contribution >= 0.6 is 0 Å². The van der Waals surface area contributed by atoms with Crippen LogP contribution in [0.25, 0.3) is 0 Å². The molecule has 4 bridgehead atoms. The third kappa shape index (κ3) is 40.6. The molecule has 4 saturated heterocycles. The van der Waals surface area contributed by atoms with Gasteiger partial charge in [0, 0.05) is 75.2 Å². The molecule has 6 rings (SSSR count). The summed E-state index contributed by atoms with van der Waals surface area (Å²) in [6.07, 6.45) is -4.14. The first kappa shape index (κ1) is 120. The SMILES string of the molecule is C[C@@H]1[C@H](O)[C@@H](C)\C=C/C=C\C=C/C=C\C=C/C=C\C=C\[C@H](O[C@@H]2O[C@H](C)[C@@H](O)[C@H](NCCCNC(=O)CNC(=O)[C@@H]3[C@@H](O)[C@H](F)[C@@]4(O)C[C@@H](O)C[C@@H](O)[C@H](O)CC[C@@H](O)C[C@@H](O)CC(=O)O[C@@H](C)[C@H](C)[C@H](O)[C@@H](C)\C=C/C=C\C=C/C=C\C=C/C=C\C=C\[C@H](O[C@@H]5O[C@H](C)[C@@H](O)[C@H](N)[C@@H]5O)C[C@@H]3O4)[C@@H]2O)C[C@@H]2O[C@](O)(C[C@@H](O)C[C@@H](O)[C@H](O)CC[C@@H](O)C[C@@H](O)CC(=O)O[C@H]1C)C[C@H](O)[C@H]2C(=O)O[13CH3]. The third-order valence-corrected chi connectivity index (χ3v) is 25.8. The molecule has 0 aromatic carbocycles. The molecule has 6 aliphatic rings. The Kier molecular flexibility index (Phi) is 52.7. The van der Waals surface area contributed by atoms with Crippen LogP contribution in [0.2, 0.25) is 0 Å². The molecule has 0 radical (unpaired) electrons. The molecule has 0 unspecified atom stereocenters. The Morgan fingerprint density at radius 2 is 0.820 bits per heavy atom. The Morgan fingerprint density at radius 3 is 1.26 bits per heavy atom. The zero-order valence-corrected chi connectivity index (χ0v) is 80.6. The summed E-state index contributed by atoms with van der Waals surface area (Å²) < 4.78 is 70.1. The second-order valence-corrected chi connectivity index (χ2v) is 37.3. The van der Waals surface area contributed by atoms with E-state index < -0.39 is 319 Å². The fourth-order valence-corrected chi connectivity index (χ4v) is 17.2. The van der Waals surface area contributed by atoms with Crippen molar-refractivity contribution in [2.24, 2.45) is 41.2 Å². The number of halogens is 1. The van der Waals surface area contributed by atoms with Crippen LogP contribution in [0.5, 0.6) is 0 Å². The summed E-state index contributed by atoms with van der Waals surface area (Å²) in [6.45, 7) is 12.2. The van der Waals surface area contributed by atoms with E-state index in [1.807, 2.05) is 0 Å². The van der Waals surface area contributed by atoms with E-state index in [0.717, 1.165) is 7.11 Å². The summed E-state index contributed by atoms with van der Waals surface area (Å²) in [5, 5.41) is 234. The van der Waals surface area contributed by atoms with Crippen molar-refractivity contribution in [3.63, 3.8) is 0 Å². The largest absolute Gasteiger partial charge is 0.469 e. The van der Waals surface area contributed by atoms with Crippen molar-refractivity contribution in [1.29, 1.82) is 0 Å². The number of aliphatic hydroxyl groups excluding tert-OH is 18. The molecule has 0 aromatic rings. The predicted molar refractivity (Wildman–Crippen MR) is 505 cm³/mol. The molecule has 39 heteroatoms. The molecular formula is C100H155FN4O34. The molecule has 39 atom stereocenters. The van der Waals surface area contributed by atoms with Gasteiger partial charge in [-0.15, -0.1) is 0 Å². The van der Waals surface area contributed by atoms with Gasteiger partial charge in [-0.2, -0.15) is 0 Å². The van der Waals surface area contributed by atoms with Gasteiger partial charge in [0.15, 0.2) is 24.5 Å². The average molecular weight is 1980 g/mol. The standard InChI is InChI=1S/C100H155FN4O34/c1-57-35-30-26-22-18-14-10-12-16-20-24-28-32-37-71(51-78-83(96(128)131-9)77(116)55-99(129,138-78)53-69(110)47-75(114)73(112)41-39-65(106)45-67(108)49-81(118)132-61(5)59(3)87(57)120)137-98-93(126)86(90(123)64(8)135-98)104-44-34-43-103-80(117)56-105-95(127)84-79-52-72(136-97-92(125)85(102)89(122)63(7)134-97)38-33-29-25-21-17-13-11-15-19-23-27-31-36-58(2)88(121)60(4)62(6)133-82(119)50-68(109)46-66(107)40-42-74(113)76(115)48-70(111)54-100(130,139-79)94(101)91(84)124/h10-33,35-38,57-79,83-94,97-98,104,106-116,120-126,129-130H,34,39-56,102H2,1-9H3,(H,103,117)(H,105,127)/b12-10-,13-11-,18-14-,19-15-,20-16-,21-17-,26-22-,27-23-,28-24-,29-25-,35-30-,36-31-,37-32+,38-33+/t57-,58-,59-,60-,61-,62-,63+,64+,65+,66+,67+,68+,69-,70-,71-,72-,73+,74+,75+,76+,77-,78-,79-,83+,84-,85-,86-,87+,88+,89+,90+,91+,92-,93-,94-,97-,98-,99+,100+/m0/s1/i9+1. The number of allylic oxidation sites excluding steroid dienone is 24. The molecule has 6 heterocycles. The highest BCUT2D eigenvalue weighted by Gasteiger charge is 2.58. The summed E-state index contributed by atoms with van der Waals surface area (Å²) in [7, 11) is 1.06. The highest BCUT2D eigenvalue weighted by molar-refractivity contribution is 5.86. The first-order valence-electron chi connectivity index (χ1n) is 48.0. The monoisotopic (exact) mass is 1980 g/mol. The lowest BCUT2D eigenvalue weighted by Crippen LogP contribution is -2.65. The molecule has 0 saturated carbocycles. The number of hydrogen-bond donors (Lipinski definition) is 24. The second-order valence-electron chi connectivity index (χ2n) is 37.3. The number of ether oxygens (including phenoxy) is 9. The molecule has 0 aromatic heterocycles. The van der Waals surface area contributed by atoms with Gasteiger partial charge in [0.25, 0.3) is 0 Å². The van der Waals surface area contributed by atoms with Gasteiger partial charge in [0.05, 0.1) is 173 Å². The maximum absolute atomic E-state index is 17.1. The van der Waals surface area contributed by atoms with Crippen LogP contribution in [-0.2, 0) is 66.6 Å². The van der Waals surface area contributed by atoms with E-state index in [9.17, 15) is 126 Å². The lowest BCUT2D eigenvalue weighted by molar-refractivity contribution is -0.333. The van der Waals surface area contributed by atoms with E-state index in [0.29, 0.717) is 0 Å². The van der Waals surface area contributed by atoms with E-state index in [2.05, 4.69) is 16.0 Å². The Hall–Kier alpha value is -7.48. The van der Waals surface area contributed by atoms with Gasteiger partial charge in [0.1, 0.15) is 36.4 Å². The van der Waals surface area contributed by atoms with Gasteiger partial charge in [-0.3, -0.25) is 24.0 Å². The number of fused-ring (bicyclic) bond motifs is 4. The molecule has 0 aliphatic carbocycles. The number of alkyl halides is 1. The number of methoxy groups -OCH3 is 1. The molecule has 6 aliphatic heterocycles. The third-order valence-electron chi connectivity index (χ3n) is 25.8. The first-order chi connectivity index (χ1) is 65.8. The van der Waals surface area contributed by atoms with Crippen LogP contribution in [0.15, 0.2) is 170 Å². The van der Waals surface area contributed by atoms with Crippen LogP contribution in [0.4, 0.5) is 4.39 Å². The molecule has 4 fully saturated rings. The van der Waals surface area contributed by atoms with Crippen LogP contribution in [0, 0.1) is 35.5 Å². The molecule has 786 valence electrons. The van der Waals surface area contributed by atoms with Crippen LogP contribution in [-0.4, -0.2) is 360 Å². The Bertz CT molecular complexity index is 4130. The number of aliphatic hydroxyl groups is 20. The zero-order valence-electron chi connectivity index (χ0n) is 80.6. The maximum atomic E-state index is 17.1. The van der Waals surface area contributed by atoms with E-state index in [1.54, 1.807) is 193 Å². The van der Waals surface area contributed by atoms with Crippen molar-refractivity contribution < 1.29 is 173 Å². The minimum atomic E-state index is -3.21. The molecule has 25 N–H and O–H groups in total. The van der Waals surface area contributed by atoms with Crippen molar-refractivity contribution in [3.8, 4) is 0 Å². The van der Waals surface area contributed by atoms with Crippen LogP contribution in [0.3, 0.4) is 0 Å². The fourth-order valence-electron chi connectivity index (χ4n) is 17.2. The van der Waals surface area contributed by atoms with E-state index in [-0.39, 0.29) is 69.9 Å². The number of hydrogen-bond acceptors (Lipinski definition) is 36. The molecule has 0 spiro atoms. The van der Waals surface area contributed by atoms with E-state index in [1.165, 1.54) is 32.1 Å². The van der Waals surface area contributed by atoms with Crippen LogP contribution < -0.4 is 21.7 Å². The zero-order chi connectivity index (χ0) is 103. The fraction of sp³-hybridized carbons (Fsp3) is 0.670. The van der Waals surface area contributed by atoms with Gasteiger partial charge in [-0.1, -0.05) is 198 Å². The number of carbonyl (C=O) groups excluding carboxylic acids is 5. The van der Waals surface area contributed by atoms with Crippen molar-refractivity contribution in [3.05, 3.63) is 170 Å². The summed E-state index contributed by atoms with van der Waals surface area (Å²) in [6, 6.07) is -2.56. The van der Waals surface area contributed by atoms with Gasteiger partial charge in [-0.25, -0.2) is 4.39 Å². The number of nitrogens with one attached hydrogen (secondary N) is 3. The summed E-state index contributed by atoms with van der Waals surface area (Å²) in [5.41, 5.74) is 6.19. The first-order valence-corrected chi connectivity index (χ1v) is 48.0. The Morgan fingerprint density at radius 1 is 0.417 bits per heavy atom. The van der Waals surface area contributed by atoms with E-state index >= 15 is 4.39 Å². The minimum Gasteiger partial charge on any atom is -0.469 e. The number of carbonyl (C=O) groups is 5. The predicted octanol–water partition coefficient (Wildman–Crippen LogP) is 0.642. The number of amides is 2. The van der Waals surface area contributed by atoms with Gasteiger partial charge < -0.3 is 166 Å². The van der Waals surface area contributed by atoms with Crippen molar-refractivity contribution >= 4 is 29.7 Å². The van der Waals surface area contributed by atoms with Crippen molar-refractivity contribution in [1.82, 2.24) is 16.0 Å². The second kappa shape index (κ2) is 61.0. The van der Waals surface area contributed by atoms with E-state index in [4.69, 9.17) is 48.4 Å². The summed E-state index contributed by atoms with van der Waals surface area (Å²) >= 11 is 0. The number of cyclic esters (lactones) is 2. The van der Waals surface area contributed by atoms with Gasteiger partial charge >= 0.3 is 17.9 Å². The molecule has 139 heavy (non-hydrogen) atoms. The molecular weight excluding hydrogens is 1820 g/mol. The summed E-state index contributed by atoms with van der Waals surface area (Å²) in [5.74, 6) is -15.6. The summed E-state index contributed by atoms with van der Waals surface area (Å²) in [4.78, 5) is 67.6. The number of esters is 3. The Balaban J connectivity index is 1.20. The van der Waals surface area contributed by atoms with Crippen LogP contribution in [0.1, 0.15) is 158 Å². The number of nitrogens with two attached hydrogens (primary N) is 1. The van der Waals surface area contributed by atoms with Gasteiger partial charge in [0.2, 0.25) is 17.6 Å². The Labute approximate surface area is 812 Å². The lowest BCUT2D eigenvalue weighted by Gasteiger charge is -2.47. The highest BCUT2D eigenvalue weighted by atomic mass is 19.1. The smallest absolute Gasteiger partial charge is 0.313 e. The quantitative estimate of drug-likeness (QED) is 0.0521. The lowest BCUT2D eigenvalue weighted by atomic mass is 9.81. The topological polar surface area (TPSA) is 635 Å². The van der Waals surface area contributed by atoms with Gasteiger partial charge in [-0.05, 0) is 79.2 Å². The highest BCUT2D eigenvalue weighted by Crippen LogP contribution is 2.42. The van der Waals surface area contributed by atoms with Crippen molar-refractivity contribution in [2.75, 3.05) is 26.7 Å². The molecule has 2 amide bonds. The molecule has 38 nitrogen and oxygen atoms in total. The van der Waals surface area contributed by atoms with Crippen molar-refractivity contribution in [2.45, 2.75) is 359 Å². The normalized spacial score (nSPS) is 43.9. The average Bonchev–Trinajstić information content (AvgIpc) is 0.761. The minimum absolute atomic E-state index is 0.0427.